The number of carbonyl (C=O) groups excluding carboxylic acids is 1. The Morgan fingerprint density at radius 2 is 1.62 bits per heavy atom. The topological polar surface area (TPSA) is 127 Å². The third-order valence-corrected chi connectivity index (χ3v) is 6.65. The summed E-state index contributed by atoms with van der Waals surface area (Å²) in [6.45, 7) is -1.06. The molecule has 8 nitrogen and oxygen atoms in total. The van der Waals surface area contributed by atoms with E-state index in [2.05, 4.69) is 0 Å². The van der Waals surface area contributed by atoms with E-state index in [0.717, 1.165) is 16.9 Å². The number of alkyl halides is 3. The lowest BCUT2D eigenvalue weighted by Gasteiger charge is -2.11. The molecule has 0 saturated carbocycles. The average Bonchev–Trinajstić information content (AvgIpc) is 2.31. The van der Waals surface area contributed by atoms with Crippen molar-refractivity contribution in [3.8, 4) is 5.75 Å². The third-order valence-electron chi connectivity index (χ3n) is 2.15. The van der Waals surface area contributed by atoms with Crippen LogP contribution in [-0.4, -0.2) is 39.4 Å². The minimum Gasteiger partial charge on any atom is -0.484 e. The first-order valence-corrected chi connectivity index (χ1v) is 10.4. The number of hydrogen-bond acceptors (Lipinski definition) is 6. The van der Waals surface area contributed by atoms with E-state index in [4.69, 9.17) is 9.29 Å². The van der Waals surface area contributed by atoms with Crippen LogP contribution in [0.5, 0.6) is 5.75 Å². The van der Waals surface area contributed by atoms with Gasteiger partial charge in [-0.3, -0.25) is 9.35 Å². The van der Waals surface area contributed by atoms with Gasteiger partial charge in [0.25, 0.3) is 16.0 Å². The monoisotopic (exact) mass is 615 g/mol. The molecule has 2 N–H and O–H groups in total. The van der Waals surface area contributed by atoms with Crippen LogP contribution in [0.3, 0.4) is 0 Å². The van der Waals surface area contributed by atoms with Crippen molar-refractivity contribution in [1.29, 1.82) is 0 Å². The Balaban J connectivity index is 2.89. The van der Waals surface area contributed by atoms with Gasteiger partial charge in [0.15, 0.2) is 6.61 Å². The SMILES string of the molecule is O=C(COc1cc(I)c(S(=O)(=O)O)c(I)c1)NS(=O)(=O)C(F)(F)F. The van der Waals surface area contributed by atoms with Crippen molar-refractivity contribution >= 4 is 71.2 Å². The van der Waals surface area contributed by atoms with Crippen LogP contribution in [0.15, 0.2) is 17.0 Å². The van der Waals surface area contributed by atoms with Crippen LogP contribution in [0.2, 0.25) is 0 Å². The molecule has 1 aromatic rings. The van der Waals surface area contributed by atoms with E-state index < -0.39 is 43.1 Å². The number of hydrogen-bond donors (Lipinski definition) is 2. The van der Waals surface area contributed by atoms with Crippen molar-refractivity contribution in [2.45, 2.75) is 10.4 Å². The highest BCUT2D eigenvalue weighted by molar-refractivity contribution is 14.1. The van der Waals surface area contributed by atoms with Gasteiger partial charge in [0, 0.05) is 7.14 Å². The molecule has 15 heteroatoms. The van der Waals surface area contributed by atoms with E-state index in [9.17, 15) is 34.8 Å². The molecule has 0 heterocycles. The fraction of sp³-hybridized carbons (Fsp3) is 0.222. The summed E-state index contributed by atoms with van der Waals surface area (Å²) in [6, 6.07) is 2.19. The molecule has 1 amide bonds. The molecule has 0 unspecified atom stereocenters. The van der Waals surface area contributed by atoms with Crippen molar-refractivity contribution in [1.82, 2.24) is 4.72 Å². The molecule has 1 rings (SSSR count). The number of halogens is 5. The van der Waals surface area contributed by atoms with Crippen molar-refractivity contribution in [3.63, 3.8) is 0 Å². The largest absolute Gasteiger partial charge is 0.516 e. The number of sulfonamides is 1. The number of ether oxygens (including phenoxy) is 1. The zero-order chi connectivity index (χ0) is 18.9. The van der Waals surface area contributed by atoms with Gasteiger partial charge in [-0.1, -0.05) is 0 Å². The minimum absolute atomic E-state index is 0.0281. The van der Waals surface area contributed by atoms with Crippen LogP contribution in [0.25, 0.3) is 0 Å². The summed E-state index contributed by atoms with van der Waals surface area (Å²) in [5, 5.41) is 0. The molecule has 0 aliphatic carbocycles. The quantitative estimate of drug-likeness (QED) is 0.380. The van der Waals surface area contributed by atoms with E-state index in [1.165, 1.54) is 0 Å². The van der Waals surface area contributed by atoms with Gasteiger partial charge in [-0.05, 0) is 57.3 Å². The van der Waals surface area contributed by atoms with Crippen LogP contribution in [0, 0.1) is 7.14 Å². The fourth-order valence-electron chi connectivity index (χ4n) is 1.25. The summed E-state index contributed by atoms with van der Waals surface area (Å²) in [5.74, 6) is -1.69. The smallest absolute Gasteiger partial charge is 0.484 e. The first-order chi connectivity index (χ1) is 10.6. The molecule has 136 valence electrons. The number of benzene rings is 1. The predicted octanol–water partition coefficient (Wildman–Crippen LogP) is 1.49. The Morgan fingerprint density at radius 3 is 2.00 bits per heavy atom. The Bertz CT molecular complexity index is 845. The molecule has 0 bridgehead atoms. The lowest BCUT2D eigenvalue weighted by atomic mass is 10.3. The number of amides is 1. The molecule has 1 aromatic carbocycles. The molecular weight excluding hydrogens is 609 g/mol. The lowest BCUT2D eigenvalue weighted by Crippen LogP contribution is -2.42. The standard InChI is InChI=1S/C9H6F3I2NO7S2/c10-9(11,12)24(20,21)15-7(16)3-22-4-1-5(13)8(6(14)2-4)23(17,18)19/h1-2H,3H2,(H,15,16)(H,17,18,19). The van der Waals surface area contributed by atoms with E-state index >= 15 is 0 Å². The number of nitrogens with one attached hydrogen (secondary N) is 1. The Hall–Kier alpha value is -0.400. The molecule has 0 radical (unpaired) electrons. The van der Waals surface area contributed by atoms with Crippen molar-refractivity contribution in [2.75, 3.05) is 6.61 Å². The summed E-state index contributed by atoms with van der Waals surface area (Å²) in [4.78, 5) is 10.8. The highest BCUT2D eigenvalue weighted by atomic mass is 127. The molecule has 0 spiro atoms. The number of rotatable bonds is 5. The van der Waals surface area contributed by atoms with E-state index in [1.54, 1.807) is 45.2 Å². The molecule has 0 saturated heterocycles. The zero-order valence-corrected chi connectivity index (χ0v) is 16.9. The van der Waals surface area contributed by atoms with Gasteiger partial charge < -0.3 is 4.74 Å². The van der Waals surface area contributed by atoms with Crippen molar-refractivity contribution in [3.05, 3.63) is 19.3 Å². The molecule has 24 heavy (non-hydrogen) atoms. The fourth-order valence-corrected chi connectivity index (χ4v) is 5.72. The highest BCUT2D eigenvalue weighted by Crippen LogP contribution is 2.29. The second-order valence-corrected chi connectivity index (χ2v) is 9.31. The van der Waals surface area contributed by atoms with Crippen LogP contribution in [0.1, 0.15) is 0 Å². The second kappa shape index (κ2) is 7.46. The molecule has 0 fully saturated rings. The second-order valence-electron chi connectivity index (χ2n) is 3.95. The van der Waals surface area contributed by atoms with Gasteiger partial charge >= 0.3 is 15.5 Å². The van der Waals surface area contributed by atoms with Gasteiger partial charge in [0.2, 0.25) is 0 Å². The van der Waals surface area contributed by atoms with Gasteiger partial charge in [0.05, 0.1) is 0 Å². The summed E-state index contributed by atoms with van der Waals surface area (Å²) >= 11 is 3.11. The summed E-state index contributed by atoms with van der Waals surface area (Å²) < 4.78 is 94.8. The maximum absolute atomic E-state index is 12.1. The minimum atomic E-state index is -5.84. The van der Waals surface area contributed by atoms with Gasteiger partial charge in [-0.25, -0.2) is 4.72 Å². The highest BCUT2D eigenvalue weighted by Gasteiger charge is 2.47. The number of carbonyl (C=O) groups is 1. The average molecular weight is 615 g/mol. The van der Waals surface area contributed by atoms with Crippen molar-refractivity contribution in [2.24, 2.45) is 0 Å². The lowest BCUT2D eigenvalue weighted by molar-refractivity contribution is -0.121. The van der Waals surface area contributed by atoms with Crippen LogP contribution in [-0.2, 0) is 24.9 Å². The van der Waals surface area contributed by atoms with E-state index in [0.29, 0.717) is 0 Å². The van der Waals surface area contributed by atoms with Gasteiger partial charge in [0.1, 0.15) is 10.6 Å². The van der Waals surface area contributed by atoms with Crippen LogP contribution >= 0.6 is 45.2 Å². The normalized spacial score (nSPS) is 12.8. The van der Waals surface area contributed by atoms with Crippen LogP contribution in [0.4, 0.5) is 13.2 Å². The van der Waals surface area contributed by atoms with Crippen molar-refractivity contribution < 1.29 is 44.1 Å². The Kier molecular flexibility index (Phi) is 6.73. The zero-order valence-electron chi connectivity index (χ0n) is 11.0. The van der Waals surface area contributed by atoms with E-state index in [1.807, 2.05) is 0 Å². The maximum atomic E-state index is 12.1. The third kappa shape index (κ3) is 5.56. The maximum Gasteiger partial charge on any atom is 0.516 e. The predicted molar refractivity (Wildman–Crippen MR) is 90.3 cm³/mol. The summed E-state index contributed by atoms with van der Waals surface area (Å²) in [7, 11) is -10.3. The molecule has 0 aliphatic heterocycles. The Labute approximate surface area is 161 Å². The van der Waals surface area contributed by atoms with Gasteiger partial charge in [-0.15, -0.1) is 0 Å². The first kappa shape index (κ1) is 21.6. The molecule has 0 aliphatic rings. The molecular formula is C9H6F3I2NO7S2. The Morgan fingerprint density at radius 1 is 1.17 bits per heavy atom. The van der Waals surface area contributed by atoms with Gasteiger partial charge in [-0.2, -0.15) is 30.0 Å². The molecule has 0 atom stereocenters. The summed E-state index contributed by atoms with van der Waals surface area (Å²) in [5.41, 5.74) is -5.65. The molecule has 0 aromatic heterocycles. The van der Waals surface area contributed by atoms with E-state index in [-0.39, 0.29) is 12.9 Å². The summed E-state index contributed by atoms with van der Waals surface area (Å²) in [6.07, 6.45) is 0. The first-order valence-electron chi connectivity index (χ1n) is 5.36. The van der Waals surface area contributed by atoms with Crippen LogP contribution < -0.4 is 9.46 Å².